The molecule has 20 heavy (non-hydrogen) atoms. The Kier molecular flexibility index (Phi) is 4.67. The number of hydrogen-bond donors (Lipinski definition) is 2. The largest absolute Gasteiger partial charge is 0.508 e. The van der Waals surface area contributed by atoms with Gasteiger partial charge >= 0.3 is 0 Å². The molecule has 0 amide bonds. The second-order valence-electron chi connectivity index (χ2n) is 5.18. The Morgan fingerprint density at radius 1 is 0.700 bits per heavy atom. The van der Waals surface area contributed by atoms with E-state index in [1.807, 2.05) is 12.1 Å². The Morgan fingerprint density at radius 3 is 1.45 bits per heavy atom. The number of phenols is 2. The van der Waals surface area contributed by atoms with Crippen LogP contribution in [-0.2, 0) is 12.8 Å². The van der Waals surface area contributed by atoms with Gasteiger partial charge < -0.3 is 10.2 Å². The molecule has 2 aromatic carbocycles. The summed E-state index contributed by atoms with van der Waals surface area (Å²) < 4.78 is 0. The van der Waals surface area contributed by atoms with Gasteiger partial charge in [-0.25, -0.2) is 0 Å². The molecule has 0 saturated carbocycles. The second-order valence-corrected chi connectivity index (χ2v) is 5.18. The first kappa shape index (κ1) is 14.4. The lowest BCUT2D eigenvalue weighted by molar-refractivity contribution is 0.474. The van der Waals surface area contributed by atoms with Gasteiger partial charge in [-0.3, -0.25) is 0 Å². The third-order valence-corrected chi connectivity index (χ3v) is 3.52. The first-order chi connectivity index (χ1) is 9.65. The molecule has 0 fully saturated rings. The minimum Gasteiger partial charge on any atom is -0.508 e. The minimum absolute atomic E-state index is 0.269. The van der Waals surface area contributed by atoms with Crippen LogP contribution in [0, 0.1) is 0 Å². The number of rotatable bonds is 5. The summed E-state index contributed by atoms with van der Waals surface area (Å²) in [5.74, 6) is 0.538. The van der Waals surface area contributed by atoms with Crippen molar-refractivity contribution in [1.82, 2.24) is 0 Å². The van der Waals surface area contributed by atoms with Crippen LogP contribution in [0.3, 0.4) is 0 Å². The van der Waals surface area contributed by atoms with E-state index in [1.165, 1.54) is 11.1 Å². The van der Waals surface area contributed by atoms with E-state index in [0.29, 0.717) is 0 Å². The highest BCUT2D eigenvalue weighted by Crippen LogP contribution is 2.33. The topological polar surface area (TPSA) is 40.5 Å². The zero-order valence-corrected chi connectivity index (χ0v) is 12.2. The van der Waals surface area contributed by atoms with Crippen LogP contribution in [0.15, 0.2) is 36.4 Å². The molecule has 0 aliphatic carbocycles. The zero-order chi connectivity index (χ0) is 14.5. The summed E-state index contributed by atoms with van der Waals surface area (Å²) in [6.07, 6.45) is 4.05. The number of aryl methyl sites for hydroxylation is 2. The predicted molar refractivity (Wildman–Crippen MR) is 83.2 cm³/mol. The van der Waals surface area contributed by atoms with Crippen molar-refractivity contribution in [2.24, 2.45) is 0 Å². The predicted octanol–water partition coefficient (Wildman–Crippen LogP) is 4.67. The van der Waals surface area contributed by atoms with E-state index in [9.17, 15) is 10.2 Å². The van der Waals surface area contributed by atoms with Crippen molar-refractivity contribution >= 4 is 0 Å². The summed E-state index contributed by atoms with van der Waals surface area (Å²) in [5, 5.41) is 19.6. The zero-order valence-electron chi connectivity index (χ0n) is 12.2. The monoisotopic (exact) mass is 270 g/mol. The highest BCUT2D eigenvalue weighted by atomic mass is 16.3. The van der Waals surface area contributed by atoms with Crippen molar-refractivity contribution in [3.05, 3.63) is 47.5 Å². The van der Waals surface area contributed by atoms with Crippen molar-refractivity contribution in [3.8, 4) is 22.6 Å². The van der Waals surface area contributed by atoms with E-state index >= 15 is 0 Å². The molecule has 2 nitrogen and oxygen atoms in total. The summed E-state index contributed by atoms with van der Waals surface area (Å²) in [6, 6.07) is 11.0. The first-order valence-electron chi connectivity index (χ1n) is 7.29. The Labute approximate surface area is 120 Å². The van der Waals surface area contributed by atoms with Gasteiger partial charge in [0, 0.05) is 0 Å². The van der Waals surface area contributed by atoms with Gasteiger partial charge in [0.15, 0.2) is 0 Å². The summed E-state index contributed by atoms with van der Waals surface area (Å²) in [4.78, 5) is 0. The number of benzene rings is 2. The third-order valence-electron chi connectivity index (χ3n) is 3.52. The molecule has 0 aliphatic heterocycles. The van der Waals surface area contributed by atoms with E-state index in [1.54, 1.807) is 24.3 Å². The molecule has 0 heterocycles. The second kappa shape index (κ2) is 6.47. The molecule has 2 heteroatoms. The number of phenolic OH excluding ortho intramolecular Hbond substituents is 2. The molecule has 2 rings (SSSR count). The minimum atomic E-state index is 0.269. The van der Waals surface area contributed by atoms with E-state index in [0.717, 1.165) is 36.8 Å². The Balaban J connectivity index is 2.59. The summed E-state index contributed by atoms with van der Waals surface area (Å²) in [6.45, 7) is 4.29. The molecule has 0 aromatic heterocycles. The van der Waals surface area contributed by atoms with Crippen LogP contribution in [0.2, 0.25) is 0 Å². The fourth-order valence-electron chi connectivity index (χ4n) is 2.61. The fraction of sp³-hybridized carbons (Fsp3) is 0.333. The van der Waals surface area contributed by atoms with Crippen LogP contribution in [0.4, 0.5) is 0 Å². The van der Waals surface area contributed by atoms with Crippen LogP contribution in [-0.4, -0.2) is 10.2 Å². The van der Waals surface area contributed by atoms with Crippen molar-refractivity contribution in [2.75, 3.05) is 0 Å². The maximum atomic E-state index is 9.79. The van der Waals surface area contributed by atoms with E-state index in [2.05, 4.69) is 13.8 Å². The van der Waals surface area contributed by atoms with Gasteiger partial charge in [-0.05, 0) is 59.4 Å². The molecule has 0 spiro atoms. The molecular weight excluding hydrogens is 248 g/mol. The van der Waals surface area contributed by atoms with Crippen molar-refractivity contribution in [2.45, 2.75) is 39.5 Å². The van der Waals surface area contributed by atoms with Crippen molar-refractivity contribution in [3.63, 3.8) is 0 Å². The lowest BCUT2D eigenvalue weighted by Crippen LogP contribution is -1.94. The molecule has 0 unspecified atom stereocenters. The third kappa shape index (κ3) is 3.13. The summed E-state index contributed by atoms with van der Waals surface area (Å²) in [5.41, 5.74) is 4.50. The molecule has 0 aliphatic rings. The van der Waals surface area contributed by atoms with Crippen LogP contribution in [0.1, 0.15) is 37.8 Å². The summed E-state index contributed by atoms with van der Waals surface area (Å²) >= 11 is 0. The molecular formula is C18H22O2. The maximum Gasteiger partial charge on any atom is 0.116 e. The quantitative estimate of drug-likeness (QED) is 0.828. The van der Waals surface area contributed by atoms with Crippen LogP contribution in [0.5, 0.6) is 11.5 Å². The smallest absolute Gasteiger partial charge is 0.116 e. The molecule has 2 aromatic rings. The maximum absolute atomic E-state index is 9.79. The SMILES string of the molecule is CCCc1ccc(O)cc1-c1cc(O)ccc1CCC. The van der Waals surface area contributed by atoms with Crippen LogP contribution in [0.25, 0.3) is 11.1 Å². The molecule has 106 valence electrons. The number of aromatic hydroxyl groups is 2. The number of hydrogen-bond acceptors (Lipinski definition) is 2. The first-order valence-corrected chi connectivity index (χ1v) is 7.29. The summed E-state index contributed by atoms with van der Waals surface area (Å²) in [7, 11) is 0. The highest BCUT2D eigenvalue weighted by Gasteiger charge is 2.11. The van der Waals surface area contributed by atoms with Gasteiger partial charge in [0.1, 0.15) is 11.5 Å². The van der Waals surface area contributed by atoms with Crippen LogP contribution >= 0.6 is 0 Å². The van der Waals surface area contributed by atoms with Crippen LogP contribution < -0.4 is 0 Å². The van der Waals surface area contributed by atoms with Gasteiger partial charge in [-0.15, -0.1) is 0 Å². The normalized spacial score (nSPS) is 10.7. The Hall–Kier alpha value is -1.96. The molecule has 0 saturated heterocycles. The van der Waals surface area contributed by atoms with Gasteiger partial charge in [0.05, 0.1) is 0 Å². The Morgan fingerprint density at radius 2 is 1.10 bits per heavy atom. The average molecular weight is 270 g/mol. The average Bonchev–Trinajstić information content (AvgIpc) is 2.43. The van der Waals surface area contributed by atoms with Gasteiger partial charge in [-0.2, -0.15) is 0 Å². The molecule has 0 radical (unpaired) electrons. The van der Waals surface area contributed by atoms with E-state index in [4.69, 9.17) is 0 Å². The molecule has 2 N–H and O–H groups in total. The highest BCUT2D eigenvalue weighted by molar-refractivity contribution is 5.73. The van der Waals surface area contributed by atoms with Gasteiger partial charge in [0.25, 0.3) is 0 Å². The lowest BCUT2D eigenvalue weighted by Gasteiger charge is -2.14. The molecule has 0 atom stereocenters. The van der Waals surface area contributed by atoms with Crippen molar-refractivity contribution < 1.29 is 10.2 Å². The van der Waals surface area contributed by atoms with Gasteiger partial charge in [-0.1, -0.05) is 38.8 Å². The standard InChI is InChI=1S/C18H22O2/c1-3-5-13-7-9-15(19)11-17(13)18-12-16(20)10-8-14(18)6-4-2/h7-12,19-20H,3-6H2,1-2H3. The van der Waals surface area contributed by atoms with Crippen molar-refractivity contribution in [1.29, 1.82) is 0 Å². The van der Waals surface area contributed by atoms with E-state index in [-0.39, 0.29) is 11.5 Å². The Bertz CT molecular complexity index is 534. The fourth-order valence-corrected chi connectivity index (χ4v) is 2.61. The molecule has 0 bridgehead atoms. The van der Waals surface area contributed by atoms with E-state index < -0.39 is 0 Å². The lowest BCUT2D eigenvalue weighted by atomic mass is 9.91. The van der Waals surface area contributed by atoms with Gasteiger partial charge in [0.2, 0.25) is 0 Å².